The molecule has 0 radical (unpaired) electrons. The maximum atomic E-state index is 11.9. The summed E-state index contributed by atoms with van der Waals surface area (Å²) in [7, 11) is 3.25. The summed E-state index contributed by atoms with van der Waals surface area (Å²) in [6.45, 7) is 3.14. The van der Waals surface area contributed by atoms with Crippen LogP contribution in [0, 0.1) is 5.92 Å². The Morgan fingerprint density at radius 3 is 2.89 bits per heavy atom. The van der Waals surface area contributed by atoms with Gasteiger partial charge >= 0.3 is 0 Å². The molecule has 0 aromatic carbocycles. The van der Waals surface area contributed by atoms with Gasteiger partial charge in [0.25, 0.3) is 0 Å². The SMILES string of the molecule is COCCNC(=O)CN(C)C(=O)CCC1CCNC1. The molecule has 6 nitrogen and oxygen atoms in total. The smallest absolute Gasteiger partial charge is 0.239 e. The summed E-state index contributed by atoms with van der Waals surface area (Å²) < 4.78 is 4.84. The first kappa shape index (κ1) is 15.9. The Balaban J connectivity index is 2.14. The Hall–Kier alpha value is -1.14. The largest absolute Gasteiger partial charge is 0.383 e. The summed E-state index contributed by atoms with van der Waals surface area (Å²) in [5, 5.41) is 5.98. The van der Waals surface area contributed by atoms with E-state index in [0.717, 1.165) is 25.9 Å². The van der Waals surface area contributed by atoms with Gasteiger partial charge in [-0.05, 0) is 31.8 Å². The second kappa shape index (κ2) is 8.87. The zero-order valence-corrected chi connectivity index (χ0v) is 11.9. The van der Waals surface area contributed by atoms with E-state index < -0.39 is 0 Å². The number of carbonyl (C=O) groups excluding carboxylic acids is 2. The first-order chi connectivity index (χ1) is 9.13. The lowest BCUT2D eigenvalue weighted by Crippen LogP contribution is -2.39. The Morgan fingerprint density at radius 1 is 1.47 bits per heavy atom. The van der Waals surface area contributed by atoms with Gasteiger partial charge < -0.3 is 20.3 Å². The maximum Gasteiger partial charge on any atom is 0.239 e. The predicted octanol–water partition coefficient (Wildman–Crippen LogP) is -0.403. The zero-order valence-electron chi connectivity index (χ0n) is 11.9. The number of hydrogen-bond acceptors (Lipinski definition) is 4. The maximum absolute atomic E-state index is 11.9. The van der Waals surface area contributed by atoms with Crippen LogP contribution in [0.1, 0.15) is 19.3 Å². The lowest BCUT2D eigenvalue weighted by Gasteiger charge is -2.17. The molecule has 1 unspecified atom stereocenters. The van der Waals surface area contributed by atoms with Crippen LogP contribution in [0.25, 0.3) is 0 Å². The first-order valence-electron chi connectivity index (χ1n) is 6.83. The molecule has 1 heterocycles. The molecule has 0 bridgehead atoms. The van der Waals surface area contributed by atoms with Crippen LogP contribution in [-0.2, 0) is 14.3 Å². The van der Waals surface area contributed by atoms with Crippen molar-refractivity contribution in [1.82, 2.24) is 15.5 Å². The van der Waals surface area contributed by atoms with Gasteiger partial charge in [0, 0.05) is 27.1 Å². The molecule has 19 heavy (non-hydrogen) atoms. The molecule has 2 N–H and O–H groups in total. The third-order valence-electron chi connectivity index (χ3n) is 3.36. The summed E-state index contributed by atoms with van der Waals surface area (Å²) in [4.78, 5) is 24.9. The number of likely N-dealkylation sites (N-methyl/N-ethyl adjacent to an activating group) is 1. The van der Waals surface area contributed by atoms with Gasteiger partial charge in [0.15, 0.2) is 0 Å². The molecule has 1 fully saturated rings. The molecule has 0 saturated carbocycles. The lowest BCUT2D eigenvalue weighted by atomic mass is 10.0. The quantitative estimate of drug-likeness (QED) is 0.589. The number of nitrogens with zero attached hydrogens (tertiary/aromatic N) is 1. The Kier molecular flexibility index (Phi) is 7.43. The van der Waals surface area contributed by atoms with Crippen molar-refractivity contribution in [3.8, 4) is 0 Å². The van der Waals surface area contributed by atoms with Gasteiger partial charge in [0.2, 0.25) is 11.8 Å². The molecule has 2 amide bonds. The minimum atomic E-state index is -0.143. The average Bonchev–Trinajstić information content (AvgIpc) is 2.89. The molecule has 0 aliphatic carbocycles. The summed E-state index contributed by atoms with van der Waals surface area (Å²) in [6.07, 6.45) is 2.57. The fourth-order valence-corrected chi connectivity index (χ4v) is 2.13. The second-order valence-electron chi connectivity index (χ2n) is 4.99. The molecular formula is C13H25N3O3. The van der Waals surface area contributed by atoms with Gasteiger partial charge in [-0.1, -0.05) is 0 Å². The minimum Gasteiger partial charge on any atom is -0.383 e. The van der Waals surface area contributed by atoms with Crippen LogP contribution in [0.3, 0.4) is 0 Å². The van der Waals surface area contributed by atoms with Crippen molar-refractivity contribution in [1.29, 1.82) is 0 Å². The van der Waals surface area contributed by atoms with Crippen LogP contribution in [-0.4, -0.2) is 63.7 Å². The fraction of sp³-hybridized carbons (Fsp3) is 0.846. The molecule has 0 aromatic heterocycles. The topological polar surface area (TPSA) is 70.7 Å². The van der Waals surface area contributed by atoms with E-state index >= 15 is 0 Å². The molecule has 1 atom stereocenters. The summed E-state index contributed by atoms with van der Waals surface area (Å²) in [6, 6.07) is 0. The van der Waals surface area contributed by atoms with Crippen LogP contribution in [0.2, 0.25) is 0 Å². The van der Waals surface area contributed by atoms with E-state index in [1.54, 1.807) is 14.2 Å². The lowest BCUT2D eigenvalue weighted by molar-refractivity contribution is -0.135. The minimum absolute atomic E-state index is 0.0359. The highest BCUT2D eigenvalue weighted by atomic mass is 16.5. The Labute approximate surface area is 114 Å². The van der Waals surface area contributed by atoms with Crippen molar-refractivity contribution < 1.29 is 14.3 Å². The molecule has 0 spiro atoms. The van der Waals surface area contributed by atoms with Gasteiger partial charge in [-0.2, -0.15) is 0 Å². The second-order valence-corrected chi connectivity index (χ2v) is 4.99. The van der Waals surface area contributed by atoms with Crippen LogP contribution >= 0.6 is 0 Å². The molecule has 1 aliphatic rings. The predicted molar refractivity (Wildman–Crippen MR) is 72.7 cm³/mol. The number of carbonyl (C=O) groups is 2. The number of rotatable bonds is 8. The first-order valence-corrected chi connectivity index (χ1v) is 6.83. The monoisotopic (exact) mass is 271 g/mol. The van der Waals surface area contributed by atoms with E-state index in [1.165, 1.54) is 4.90 Å². The van der Waals surface area contributed by atoms with Gasteiger partial charge in [0.1, 0.15) is 0 Å². The van der Waals surface area contributed by atoms with Crippen molar-refractivity contribution in [2.24, 2.45) is 5.92 Å². The number of amides is 2. The van der Waals surface area contributed by atoms with Gasteiger partial charge in [-0.3, -0.25) is 9.59 Å². The molecular weight excluding hydrogens is 246 g/mol. The molecule has 1 aliphatic heterocycles. The fourth-order valence-electron chi connectivity index (χ4n) is 2.13. The van der Waals surface area contributed by atoms with E-state index in [4.69, 9.17) is 4.74 Å². The standard InChI is InChI=1S/C13H25N3O3/c1-16(10-12(17)15-7-8-19-2)13(18)4-3-11-5-6-14-9-11/h11,14H,3-10H2,1-2H3,(H,15,17). The van der Waals surface area contributed by atoms with E-state index in [1.807, 2.05) is 0 Å². The highest BCUT2D eigenvalue weighted by molar-refractivity contribution is 5.84. The van der Waals surface area contributed by atoms with E-state index in [-0.39, 0.29) is 18.4 Å². The van der Waals surface area contributed by atoms with Gasteiger partial charge in [0.05, 0.1) is 13.2 Å². The molecule has 0 aromatic rings. The summed E-state index contributed by atoms with van der Waals surface area (Å²) in [5.74, 6) is 0.497. The molecule has 1 rings (SSSR count). The number of ether oxygens (including phenoxy) is 1. The van der Waals surface area contributed by atoms with Crippen molar-refractivity contribution >= 4 is 11.8 Å². The summed E-state index contributed by atoms with van der Waals surface area (Å²) >= 11 is 0. The average molecular weight is 271 g/mol. The van der Waals surface area contributed by atoms with Gasteiger partial charge in [-0.15, -0.1) is 0 Å². The van der Waals surface area contributed by atoms with Crippen LogP contribution in [0.5, 0.6) is 0 Å². The van der Waals surface area contributed by atoms with Crippen LogP contribution in [0.15, 0.2) is 0 Å². The number of hydrogen-bond donors (Lipinski definition) is 2. The Bertz CT molecular complexity index is 291. The third kappa shape index (κ3) is 6.54. The summed E-state index contributed by atoms with van der Waals surface area (Å²) in [5.41, 5.74) is 0. The molecule has 1 saturated heterocycles. The van der Waals surface area contributed by atoms with Crippen LogP contribution in [0.4, 0.5) is 0 Å². The Morgan fingerprint density at radius 2 is 2.26 bits per heavy atom. The third-order valence-corrected chi connectivity index (χ3v) is 3.36. The van der Waals surface area contributed by atoms with Gasteiger partial charge in [-0.25, -0.2) is 0 Å². The highest BCUT2D eigenvalue weighted by Gasteiger charge is 2.18. The number of methoxy groups -OCH3 is 1. The van der Waals surface area contributed by atoms with Crippen molar-refractivity contribution in [2.45, 2.75) is 19.3 Å². The zero-order chi connectivity index (χ0) is 14.1. The van der Waals surface area contributed by atoms with Crippen LogP contribution < -0.4 is 10.6 Å². The normalized spacial score (nSPS) is 18.3. The molecule has 6 heteroatoms. The number of nitrogens with one attached hydrogen (secondary N) is 2. The van der Waals surface area contributed by atoms with Crippen molar-refractivity contribution in [3.05, 3.63) is 0 Å². The molecule has 110 valence electrons. The van der Waals surface area contributed by atoms with E-state index in [0.29, 0.717) is 25.5 Å². The van der Waals surface area contributed by atoms with Crippen molar-refractivity contribution in [2.75, 3.05) is 46.9 Å². The van der Waals surface area contributed by atoms with Crippen molar-refractivity contribution in [3.63, 3.8) is 0 Å². The van der Waals surface area contributed by atoms with E-state index in [9.17, 15) is 9.59 Å². The highest BCUT2D eigenvalue weighted by Crippen LogP contribution is 2.14. The van der Waals surface area contributed by atoms with E-state index in [2.05, 4.69) is 10.6 Å².